The minimum atomic E-state index is -0.509. The molecule has 3 rings (SSSR count). The number of pyridine rings is 1. The van der Waals surface area contributed by atoms with Gasteiger partial charge in [-0.05, 0) is 36.4 Å². The number of amides is 1. The predicted molar refractivity (Wildman–Crippen MR) is 101 cm³/mol. The van der Waals surface area contributed by atoms with Gasteiger partial charge in [0, 0.05) is 23.5 Å². The number of aromatic nitrogens is 1. The first kappa shape index (κ1) is 17.9. The number of aromatic hydroxyl groups is 1. The van der Waals surface area contributed by atoms with E-state index in [-0.39, 0.29) is 17.9 Å². The summed E-state index contributed by atoms with van der Waals surface area (Å²) in [5.41, 5.74) is 1.35. The standard InChI is InChI=1S/C19H16N4O4/c24-15-9-7-14(8-10-15)21-19-16(5-3-11-20-19)22-18(25)12-13-4-1-2-6-17(13)23(26)27/h1-11,24H,12H2,(H,20,21)(H,22,25). The first-order valence-corrected chi connectivity index (χ1v) is 8.06. The van der Waals surface area contributed by atoms with Gasteiger partial charge in [-0.1, -0.05) is 18.2 Å². The van der Waals surface area contributed by atoms with Gasteiger partial charge < -0.3 is 15.7 Å². The molecule has 0 aliphatic carbocycles. The lowest BCUT2D eigenvalue weighted by Gasteiger charge is -2.12. The molecule has 1 aromatic heterocycles. The van der Waals surface area contributed by atoms with E-state index in [0.29, 0.717) is 22.8 Å². The third-order valence-electron chi connectivity index (χ3n) is 3.75. The number of carbonyl (C=O) groups is 1. The molecule has 0 saturated heterocycles. The zero-order valence-electron chi connectivity index (χ0n) is 14.1. The molecule has 3 aromatic rings. The van der Waals surface area contributed by atoms with E-state index in [0.717, 1.165) is 0 Å². The van der Waals surface area contributed by atoms with Crippen molar-refractivity contribution in [3.8, 4) is 5.75 Å². The Morgan fingerprint density at radius 2 is 1.81 bits per heavy atom. The van der Waals surface area contributed by atoms with Crippen LogP contribution in [0, 0.1) is 10.1 Å². The maximum Gasteiger partial charge on any atom is 0.273 e. The molecule has 0 spiro atoms. The van der Waals surface area contributed by atoms with E-state index in [9.17, 15) is 20.0 Å². The van der Waals surface area contributed by atoms with E-state index in [4.69, 9.17) is 0 Å². The third-order valence-corrected chi connectivity index (χ3v) is 3.75. The Morgan fingerprint density at radius 1 is 1.07 bits per heavy atom. The van der Waals surface area contributed by atoms with Crippen molar-refractivity contribution in [2.24, 2.45) is 0 Å². The zero-order chi connectivity index (χ0) is 19.2. The molecule has 0 saturated carbocycles. The first-order chi connectivity index (χ1) is 13.0. The molecule has 0 aliphatic rings. The van der Waals surface area contributed by atoms with Crippen molar-refractivity contribution in [1.82, 2.24) is 4.98 Å². The van der Waals surface area contributed by atoms with Crippen LogP contribution < -0.4 is 10.6 Å². The molecule has 136 valence electrons. The number of nitro groups is 1. The highest BCUT2D eigenvalue weighted by Crippen LogP contribution is 2.25. The van der Waals surface area contributed by atoms with Gasteiger partial charge in [0.1, 0.15) is 5.75 Å². The van der Waals surface area contributed by atoms with Gasteiger partial charge in [-0.3, -0.25) is 14.9 Å². The Balaban J connectivity index is 1.75. The van der Waals surface area contributed by atoms with Gasteiger partial charge in [0.2, 0.25) is 5.91 Å². The number of para-hydroxylation sites is 1. The second-order valence-corrected chi connectivity index (χ2v) is 5.68. The third kappa shape index (κ3) is 4.57. The quantitative estimate of drug-likeness (QED) is 0.349. The second-order valence-electron chi connectivity index (χ2n) is 5.68. The van der Waals surface area contributed by atoms with E-state index < -0.39 is 10.8 Å². The number of nitro benzene ring substituents is 1. The van der Waals surface area contributed by atoms with Crippen LogP contribution >= 0.6 is 0 Å². The summed E-state index contributed by atoms with van der Waals surface area (Å²) in [7, 11) is 0. The summed E-state index contributed by atoms with van der Waals surface area (Å²) in [4.78, 5) is 27.2. The molecule has 27 heavy (non-hydrogen) atoms. The van der Waals surface area contributed by atoms with Crippen LogP contribution in [0.1, 0.15) is 5.56 Å². The van der Waals surface area contributed by atoms with Crippen LogP contribution in [0.2, 0.25) is 0 Å². The zero-order valence-corrected chi connectivity index (χ0v) is 14.1. The number of anilines is 3. The fourth-order valence-electron chi connectivity index (χ4n) is 2.49. The lowest BCUT2D eigenvalue weighted by atomic mass is 10.1. The molecule has 1 amide bonds. The van der Waals surface area contributed by atoms with E-state index in [2.05, 4.69) is 15.6 Å². The van der Waals surface area contributed by atoms with Crippen LogP contribution in [0.5, 0.6) is 5.75 Å². The van der Waals surface area contributed by atoms with E-state index in [1.807, 2.05) is 0 Å². The van der Waals surface area contributed by atoms with Crippen LogP contribution in [0.25, 0.3) is 0 Å². The van der Waals surface area contributed by atoms with Crippen LogP contribution in [-0.2, 0) is 11.2 Å². The van der Waals surface area contributed by atoms with Crippen LogP contribution in [0.3, 0.4) is 0 Å². The predicted octanol–water partition coefficient (Wildman–Crippen LogP) is 3.62. The summed E-state index contributed by atoms with van der Waals surface area (Å²) in [6, 6.07) is 15.9. The van der Waals surface area contributed by atoms with Crippen molar-refractivity contribution in [3.05, 3.63) is 82.5 Å². The molecule has 0 bridgehead atoms. The average molecular weight is 364 g/mol. The Hall–Kier alpha value is -3.94. The fraction of sp³-hybridized carbons (Fsp3) is 0.0526. The number of phenols is 1. The maximum absolute atomic E-state index is 12.4. The van der Waals surface area contributed by atoms with Crippen molar-refractivity contribution < 1.29 is 14.8 Å². The number of carbonyl (C=O) groups excluding carboxylic acids is 1. The number of hydrogen-bond donors (Lipinski definition) is 3. The molecular formula is C19H16N4O4. The molecule has 0 aliphatic heterocycles. The van der Waals surface area contributed by atoms with Gasteiger partial charge in [0.05, 0.1) is 17.0 Å². The number of phenolic OH excluding ortho intramolecular Hbond substituents is 1. The van der Waals surface area contributed by atoms with Crippen molar-refractivity contribution in [2.75, 3.05) is 10.6 Å². The summed E-state index contributed by atoms with van der Waals surface area (Å²) in [5, 5.41) is 26.2. The number of nitrogens with zero attached hydrogens (tertiary/aromatic N) is 2. The van der Waals surface area contributed by atoms with Gasteiger partial charge in [0.15, 0.2) is 5.82 Å². The normalized spacial score (nSPS) is 10.2. The highest BCUT2D eigenvalue weighted by molar-refractivity contribution is 5.95. The van der Waals surface area contributed by atoms with Crippen LogP contribution in [0.4, 0.5) is 22.9 Å². The number of nitrogens with one attached hydrogen (secondary N) is 2. The van der Waals surface area contributed by atoms with Gasteiger partial charge >= 0.3 is 0 Å². The Labute approximate surface area is 154 Å². The molecule has 8 heteroatoms. The van der Waals surface area contributed by atoms with E-state index in [1.54, 1.807) is 48.7 Å². The monoisotopic (exact) mass is 364 g/mol. The highest BCUT2D eigenvalue weighted by atomic mass is 16.6. The fourth-order valence-corrected chi connectivity index (χ4v) is 2.49. The lowest BCUT2D eigenvalue weighted by molar-refractivity contribution is -0.385. The second kappa shape index (κ2) is 7.96. The highest BCUT2D eigenvalue weighted by Gasteiger charge is 2.16. The molecule has 0 fully saturated rings. The minimum Gasteiger partial charge on any atom is -0.508 e. The smallest absolute Gasteiger partial charge is 0.273 e. The van der Waals surface area contributed by atoms with Crippen molar-refractivity contribution in [3.63, 3.8) is 0 Å². The Kier molecular flexibility index (Phi) is 5.27. The largest absolute Gasteiger partial charge is 0.508 e. The number of rotatable bonds is 6. The Morgan fingerprint density at radius 3 is 2.56 bits per heavy atom. The molecule has 0 unspecified atom stereocenters. The van der Waals surface area contributed by atoms with Gasteiger partial charge in [0.25, 0.3) is 5.69 Å². The van der Waals surface area contributed by atoms with Gasteiger partial charge in [-0.15, -0.1) is 0 Å². The lowest BCUT2D eigenvalue weighted by Crippen LogP contribution is -2.16. The summed E-state index contributed by atoms with van der Waals surface area (Å²) in [5.74, 6) is 0.157. The maximum atomic E-state index is 12.4. The van der Waals surface area contributed by atoms with Crippen molar-refractivity contribution in [2.45, 2.75) is 6.42 Å². The molecule has 8 nitrogen and oxygen atoms in total. The number of hydrogen-bond acceptors (Lipinski definition) is 6. The van der Waals surface area contributed by atoms with Crippen molar-refractivity contribution >= 4 is 28.8 Å². The minimum absolute atomic E-state index is 0.0960. The summed E-state index contributed by atoms with van der Waals surface area (Å²) in [6.07, 6.45) is 1.44. The van der Waals surface area contributed by atoms with E-state index in [1.165, 1.54) is 18.2 Å². The molecule has 0 atom stereocenters. The summed E-state index contributed by atoms with van der Waals surface area (Å²) >= 11 is 0. The number of benzene rings is 2. The van der Waals surface area contributed by atoms with Crippen LogP contribution in [0.15, 0.2) is 66.9 Å². The molecular weight excluding hydrogens is 348 g/mol. The first-order valence-electron chi connectivity index (χ1n) is 8.06. The van der Waals surface area contributed by atoms with Crippen molar-refractivity contribution in [1.29, 1.82) is 0 Å². The molecule has 2 aromatic carbocycles. The Bertz CT molecular complexity index is 973. The summed E-state index contributed by atoms with van der Waals surface area (Å²) < 4.78 is 0. The SMILES string of the molecule is O=C(Cc1ccccc1[N+](=O)[O-])Nc1cccnc1Nc1ccc(O)cc1. The topological polar surface area (TPSA) is 117 Å². The summed E-state index contributed by atoms with van der Waals surface area (Å²) in [6.45, 7) is 0. The molecule has 1 heterocycles. The average Bonchev–Trinajstić information content (AvgIpc) is 2.65. The van der Waals surface area contributed by atoms with Gasteiger partial charge in [-0.25, -0.2) is 4.98 Å². The molecule has 3 N–H and O–H groups in total. The van der Waals surface area contributed by atoms with Crippen LogP contribution in [-0.4, -0.2) is 20.9 Å². The van der Waals surface area contributed by atoms with Gasteiger partial charge in [-0.2, -0.15) is 0 Å². The van der Waals surface area contributed by atoms with E-state index >= 15 is 0 Å². The molecule has 0 radical (unpaired) electrons.